The molecule has 0 saturated heterocycles. The molecule has 3 aromatic rings. The monoisotopic (exact) mass is 422 g/mol. The number of nitrogens with one attached hydrogen (secondary N) is 1. The van der Waals surface area contributed by atoms with E-state index in [4.69, 9.17) is 0 Å². The third kappa shape index (κ3) is 4.11. The average molecular weight is 422 g/mol. The van der Waals surface area contributed by atoms with Crippen molar-refractivity contribution in [2.45, 2.75) is 11.3 Å². The number of para-hydroxylation sites is 1. The number of nitrogens with zero attached hydrogens (tertiary/aromatic N) is 1. The predicted octanol–water partition coefficient (Wildman–Crippen LogP) is 4.23. The summed E-state index contributed by atoms with van der Waals surface area (Å²) in [4.78, 5) is 12.2. The first-order chi connectivity index (χ1) is 14.4. The van der Waals surface area contributed by atoms with Gasteiger partial charge in [0, 0.05) is 18.3 Å². The van der Waals surface area contributed by atoms with E-state index >= 15 is 0 Å². The Morgan fingerprint density at radius 1 is 0.967 bits per heavy atom. The van der Waals surface area contributed by atoms with Gasteiger partial charge in [-0.1, -0.05) is 30.3 Å². The minimum atomic E-state index is -3.67. The summed E-state index contributed by atoms with van der Waals surface area (Å²) in [5.41, 5.74) is 2.89. The van der Waals surface area contributed by atoms with Crippen LogP contribution >= 0.6 is 0 Å². The smallest absolute Gasteiger partial charge is 0.264 e. The van der Waals surface area contributed by atoms with E-state index < -0.39 is 10.0 Å². The summed E-state index contributed by atoms with van der Waals surface area (Å²) in [6, 6.07) is 19.3. The zero-order valence-corrected chi connectivity index (χ0v) is 16.8. The molecule has 1 heterocycles. The summed E-state index contributed by atoms with van der Waals surface area (Å²) >= 11 is 0. The van der Waals surface area contributed by atoms with Crippen LogP contribution < -0.4 is 9.62 Å². The van der Waals surface area contributed by atoms with Crippen molar-refractivity contribution in [1.82, 2.24) is 0 Å². The number of benzene rings is 3. The zero-order valence-electron chi connectivity index (χ0n) is 16.0. The van der Waals surface area contributed by atoms with E-state index in [-0.39, 0.29) is 16.6 Å². The van der Waals surface area contributed by atoms with Gasteiger partial charge in [-0.05, 0) is 66.1 Å². The van der Waals surface area contributed by atoms with Gasteiger partial charge in [0.05, 0.1) is 10.6 Å². The maximum atomic E-state index is 13.0. The van der Waals surface area contributed by atoms with Gasteiger partial charge in [-0.25, -0.2) is 12.8 Å². The molecular formula is C23H19FN2O3S. The molecule has 1 amide bonds. The number of hydrogen-bond acceptors (Lipinski definition) is 3. The van der Waals surface area contributed by atoms with Gasteiger partial charge in [0.25, 0.3) is 10.0 Å². The molecule has 7 heteroatoms. The van der Waals surface area contributed by atoms with E-state index in [0.717, 1.165) is 5.56 Å². The molecule has 3 aromatic carbocycles. The van der Waals surface area contributed by atoms with E-state index in [9.17, 15) is 17.6 Å². The SMILES string of the molecule is O=C(/C=C/c1ccc(F)cc1)Nc1ccc(S(=O)(=O)N2CCc3ccccc32)cc1. The van der Waals surface area contributed by atoms with Crippen LogP contribution in [0.3, 0.4) is 0 Å². The molecule has 4 rings (SSSR count). The number of hydrogen-bond donors (Lipinski definition) is 1. The second-order valence-corrected chi connectivity index (χ2v) is 8.72. The highest BCUT2D eigenvalue weighted by Gasteiger charge is 2.30. The highest BCUT2D eigenvalue weighted by atomic mass is 32.2. The van der Waals surface area contributed by atoms with Gasteiger partial charge in [-0.2, -0.15) is 0 Å². The highest BCUT2D eigenvalue weighted by Crippen LogP contribution is 2.32. The van der Waals surface area contributed by atoms with Crippen molar-refractivity contribution in [1.29, 1.82) is 0 Å². The lowest BCUT2D eigenvalue weighted by Gasteiger charge is -2.19. The molecule has 1 aliphatic heterocycles. The Kier molecular flexibility index (Phi) is 5.37. The number of rotatable bonds is 5. The van der Waals surface area contributed by atoms with Crippen LogP contribution in [0.5, 0.6) is 0 Å². The second kappa shape index (κ2) is 8.12. The molecule has 0 spiro atoms. The van der Waals surface area contributed by atoms with Gasteiger partial charge >= 0.3 is 0 Å². The Morgan fingerprint density at radius 2 is 1.67 bits per heavy atom. The molecule has 1 N–H and O–H groups in total. The zero-order chi connectivity index (χ0) is 21.1. The summed E-state index contributed by atoms with van der Waals surface area (Å²) in [7, 11) is -3.67. The van der Waals surface area contributed by atoms with Crippen molar-refractivity contribution in [3.63, 3.8) is 0 Å². The van der Waals surface area contributed by atoms with Gasteiger partial charge < -0.3 is 5.32 Å². The van der Waals surface area contributed by atoms with Crippen molar-refractivity contribution in [3.05, 3.63) is 95.8 Å². The third-order valence-electron chi connectivity index (χ3n) is 4.85. The predicted molar refractivity (Wildman–Crippen MR) is 115 cm³/mol. The number of amides is 1. The minimum Gasteiger partial charge on any atom is -0.323 e. The topological polar surface area (TPSA) is 66.5 Å². The van der Waals surface area contributed by atoms with Gasteiger partial charge in [-0.3, -0.25) is 9.10 Å². The second-order valence-electron chi connectivity index (χ2n) is 6.85. The first kappa shape index (κ1) is 19.8. The fourth-order valence-electron chi connectivity index (χ4n) is 3.32. The average Bonchev–Trinajstić information content (AvgIpc) is 3.19. The van der Waals surface area contributed by atoms with Crippen molar-refractivity contribution in [2.24, 2.45) is 0 Å². The lowest BCUT2D eigenvalue weighted by atomic mass is 10.2. The van der Waals surface area contributed by atoms with Crippen LogP contribution in [0.15, 0.2) is 83.8 Å². The number of sulfonamides is 1. The van der Waals surface area contributed by atoms with Crippen molar-refractivity contribution >= 4 is 33.4 Å². The Hall–Kier alpha value is -3.45. The van der Waals surface area contributed by atoms with E-state index in [1.54, 1.807) is 30.3 Å². The fraction of sp³-hybridized carbons (Fsp3) is 0.0870. The summed E-state index contributed by atoms with van der Waals surface area (Å²) in [6.07, 6.45) is 3.58. The minimum absolute atomic E-state index is 0.166. The lowest BCUT2D eigenvalue weighted by molar-refractivity contribution is -0.111. The molecule has 5 nitrogen and oxygen atoms in total. The van der Waals surface area contributed by atoms with Crippen LogP contribution in [0.4, 0.5) is 15.8 Å². The summed E-state index contributed by atoms with van der Waals surface area (Å²) in [5.74, 6) is -0.715. The number of anilines is 2. The molecule has 0 atom stereocenters. The van der Waals surface area contributed by atoms with Crippen LogP contribution in [0, 0.1) is 5.82 Å². The van der Waals surface area contributed by atoms with Crippen LogP contribution in [-0.4, -0.2) is 20.9 Å². The molecule has 0 aromatic heterocycles. The third-order valence-corrected chi connectivity index (χ3v) is 6.68. The molecule has 0 aliphatic carbocycles. The van der Waals surface area contributed by atoms with Gasteiger partial charge in [0.1, 0.15) is 5.82 Å². The Labute approximate surface area is 174 Å². The van der Waals surface area contributed by atoms with Gasteiger partial charge in [0.15, 0.2) is 0 Å². The molecule has 1 aliphatic rings. The molecule has 0 fully saturated rings. The van der Waals surface area contributed by atoms with Crippen molar-refractivity contribution < 1.29 is 17.6 Å². The quantitative estimate of drug-likeness (QED) is 0.626. The van der Waals surface area contributed by atoms with Gasteiger partial charge in [-0.15, -0.1) is 0 Å². The first-order valence-electron chi connectivity index (χ1n) is 9.39. The Bertz CT molecular complexity index is 1200. The maximum absolute atomic E-state index is 13.0. The van der Waals surface area contributed by atoms with Crippen molar-refractivity contribution in [2.75, 3.05) is 16.2 Å². The summed E-state index contributed by atoms with van der Waals surface area (Å²) < 4.78 is 40.4. The largest absolute Gasteiger partial charge is 0.323 e. The first-order valence-corrected chi connectivity index (χ1v) is 10.8. The molecule has 0 unspecified atom stereocenters. The molecule has 30 heavy (non-hydrogen) atoms. The molecule has 0 radical (unpaired) electrons. The fourth-order valence-corrected chi connectivity index (χ4v) is 4.83. The van der Waals surface area contributed by atoms with Crippen LogP contribution in [0.1, 0.15) is 11.1 Å². The number of halogens is 1. The Balaban J connectivity index is 1.45. The number of carbonyl (C=O) groups excluding carboxylic acids is 1. The normalized spacial score (nSPS) is 13.4. The van der Waals surface area contributed by atoms with Crippen LogP contribution in [-0.2, 0) is 21.2 Å². The molecule has 0 saturated carbocycles. The number of carbonyl (C=O) groups is 1. The van der Waals surface area contributed by atoms with Crippen LogP contribution in [0.25, 0.3) is 6.08 Å². The van der Waals surface area contributed by atoms with E-state index in [0.29, 0.717) is 29.9 Å². The number of fused-ring (bicyclic) bond motifs is 1. The lowest BCUT2D eigenvalue weighted by Crippen LogP contribution is -2.29. The standard InChI is InChI=1S/C23H19FN2O3S/c24-19-8-5-17(6-9-19)7-14-23(27)25-20-10-12-21(13-11-20)30(28,29)26-16-15-18-3-1-2-4-22(18)26/h1-14H,15-16H2,(H,25,27)/b14-7+. The van der Waals surface area contributed by atoms with Crippen LogP contribution in [0.2, 0.25) is 0 Å². The molecular weight excluding hydrogens is 403 g/mol. The summed E-state index contributed by atoms with van der Waals surface area (Å²) in [5, 5.41) is 2.68. The molecule has 0 bridgehead atoms. The van der Waals surface area contributed by atoms with E-state index in [1.165, 1.54) is 34.6 Å². The van der Waals surface area contributed by atoms with E-state index in [2.05, 4.69) is 5.32 Å². The van der Waals surface area contributed by atoms with Crippen molar-refractivity contribution in [3.8, 4) is 0 Å². The van der Waals surface area contributed by atoms with Gasteiger partial charge in [0.2, 0.25) is 5.91 Å². The molecule has 152 valence electrons. The highest BCUT2D eigenvalue weighted by molar-refractivity contribution is 7.92. The Morgan fingerprint density at radius 3 is 2.40 bits per heavy atom. The maximum Gasteiger partial charge on any atom is 0.264 e. The summed E-state index contributed by atoms with van der Waals surface area (Å²) in [6.45, 7) is 0.411. The van der Waals surface area contributed by atoms with E-state index in [1.807, 2.05) is 24.3 Å².